The van der Waals surface area contributed by atoms with Crippen molar-refractivity contribution in [2.24, 2.45) is 0 Å². The highest BCUT2D eigenvalue weighted by Gasteiger charge is 2.24. The fourth-order valence-electron chi connectivity index (χ4n) is 3.69. The van der Waals surface area contributed by atoms with Crippen LogP contribution >= 0.6 is 0 Å². The summed E-state index contributed by atoms with van der Waals surface area (Å²) in [5.41, 5.74) is 1.78. The Morgan fingerprint density at radius 3 is 2.50 bits per heavy atom. The lowest BCUT2D eigenvalue weighted by Gasteiger charge is -2.20. The van der Waals surface area contributed by atoms with Crippen LogP contribution < -0.4 is 10.1 Å². The number of amides is 1. The predicted octanol–water partition coefficient (Wildman–Crippen LogP) is 3.68. The average molecular weight is 460 g/mol. The van der Waals surface area contributed by atoms with E-state index in [1.165, 1.54) is 0 Å². The van der Waals surface area contributed by atoms with Crippen LogP contribution in [0.3, 0.4) is 0 Å². The third-order valence-corrected chi connectivity index (χ3v) is 7.45. The van der Waals surface area contributed by atoms with E-state index in [1.54, 1.807) is 34.8 Å². The van der Waals surface area contributed by atoms with E-state index in [-0.39, 0.29) is 5.91 Å². The summed E-state index contributed by atoms with van der Waals surface area (Å²) >= 11 is 0. The summed E-state index contributed by atoms with van der Waals surface area (Å²) in [6.07, 6.45) is 7.43. The molecule has 1 aliphatic heterocycles. The van der Waals surface area contributed by atoms with E-state index in [2.05, 4.69) is 10.3 Å². The van der Waals surface area contributed by atoms with Crippen molar-refractivity contribution in [3.8, 4) is 5.88 Å². The number of aryl methyl sites for hydroxylation is 1. The van der Waals surface area contributed by atoms with Gasteiger partial charge in [-0.15, -0.1) is 0 Å². The number of rotatable bonds is 10. The maximum atomic E-state index is 12.9. The monoisotopic (exact) mass is 459 g/mol. The molecule has 32 heavy (non-hydrogen) atoms. The molecular formula is C24H33N3O4S. The van der Waals surface area contributed by atoms with Gasteiger partial charge in [0.25, 0.3) is 0 Å². The molecular weight excluding hydrogens is 426 g/mol. The van der Waals surface area contributed by atoms with Crippen molar-refractivity contribution in [3.63, 3.8) is 0 Å². The van der Waals surface area contributed by atoms with Crippen molar-refractivity contribution in [1.82, 2.24) is 14.6 Å². The Bertz CT molecular complexity index is 969. The molecule has 0 spiro atoms. The van der Waals surface area contributed by atoms with Gasteiger partial charge >= 0.3 is 0 Å². The number of nitrogens with one attached hydrogen (secondary N) is 1. The Morgan fingerprint density at radius 2 is 1.81 bits per heavy atom. The summed E-state index contributed by atoms with van der Waals surface area (Å²) in [6, 6.07) is 10.6. The maximum Gasteiger partial charge on any atom is 0.243 e. The van der Waals surface area contributed by atoms with Crippen molar-refractivity contribution in [3.05, 3.63) is 53.7 Å². The van der Waals surface area contributed by atoms with Gasteiger partial charge in [0, 0.05) is 37.8 Å². The number of nitrogens with zero attached hydrogens (tertiary/aromatic N) is 2. The molecule has 0 radical (unpaired) electrons. The van der Waals surface area contributed by atoms with Gasteiger partial charge in [-0.25, -0.2) is 13.4 Å². The van der Waals surface area contributed by atoms with Crippen LogP contribution in [0.4, 0.5) is 0 Å². The molecule has 174 valence electrons. The number of pyridine rings is 1. The summed E-state index contributed by atoms with van der Waals surface area (Å²) in [7, 11) is -3.45. The van der Waals surface area contributed by atoms with E-state index >= 15 is 0 Å². The minimum Gasteiger partial charge on any atom is -0.477 e. The highest BCUT2D eigenvalue weighted by Crippen LogP contribution is 2.21. The Morgan fingerprint density at radius 1 is 1.09 bits per heavy atom. The van der Waals surface area contributed by atoms with Crippen LogP contribution in [0.2, 0.25) is 0 Å². The van der Waals surface area contributed by atoms with Gasteiger partial charge in [-0.05, 0) is 49.4 Å². The number of sulfonamides is 1. The number of benzene rings is 1. The molecule has 3 rings (SSSR count). The second-order valence-electron chi connectivity index (χ2n) is 8.06. The molecule has 0 bridgehead atoms. The van der Waals surface area contributed by atoms with Crippen LogP contribution in [0.1, 0.15) is 56.6 Å². The summed E-state index contributed by atoms with van der Waals surface area (Å²) in [4.78, 5) is 16.9. The Kier molecular flexibility index (Phi) is 9.05. The number of aromatic nitrogens is 1. The third-order valence-electron chi connectivity index (χ3n) is 5.54. The Hall–Kier alpha value is -2.45. The van der Waals surface area contributed by atoms with Gasteiger partial charge < -0.3 is 10.1 Å². The predicted molar refractivity (Wildman–Crippen MR) is 124 cm³/mol. The molecule has 1 N–H and O–H groups in total. The van der Waals surface area contributed by atoms with E-state index in [1.807, 2.05) is 19.1 Å². The van der Waals surface area contributed by atoms with Crippen LogP contribution in [0.5, 0.6) is 5.88 Å². The molecule has 1 saturated heterocycles. The van der Waals surface area contributed by atoms with E-state index < -0.39 is 10.0 Å². The highest BCUT2D eigenvalue weighted by molar-refractivity contribution is 7.89. The van der Waals surface area contributed by atoms with Crippen molar-refractivity contribution in [2.45, 2.75) is 63.3 Å². The molecule has 0 atom stereocenters. The first-order valence-corrected chi connectivity index (χ1v) is 12.9. The lowest BCUT2D eigenvalue weighted by Crippen LogP contribution is -2.31. The van der Waals surface area contributed by atoms with Crippen molar-refractivity contribution < 1.29 is 17.9 Å². The molecule has 8 heteroatoms. The van der Waals surface area contributed by atoms with Crippen LogP contribution in [-0.2, 0) is 27.8 Å². The number of carbonyl (C=O) groups is 1. The number of hydrogen-bond donors (Lipinski definition) is 1. The largest absolute Gasteiger partial charge is 0.477 e. The van der Waals surface area contributed by atoms with Crippen LogP contribution in [-0.4, -0.2) is 43.3 Å². The van der Waals surface area contributed by atoms with Crippen LogP contribution in [0, 0.1) is 0 Å². The fraction of sp³-hybridized carbons (Fsp3) is 0.500. The molecule has 0 unspecified atom stereocenters. The molecule has 2 heterocycles. The zero-order valence-electron chi connectivity index (χ0n) is 18.8. The molecule has 1 aromatic heterocycles. The first-order chi connectivity index (χ1) is 15.5. The fourth-order valence-corrected chi connectivity index (χ4v) is 5.20. The van der Waals surface area contributed by atoms with Crippen molar-refractivity contribution >= 4 is 15.9 Å². The molecule has 0 saturated carbocycles. The van der Waals surface area contributed by atoms with Crippen molar-refractivity contribution in [1.29, 1.82) is 0 Å². The summed E-state index contributed by atoms with van der Waals surface area (Å²) in [5.74, 6) is 0.479. The van der Waals surface area contributed by atoms with Crippen LogP contribution in [0.15, 0.2) is 47.5 Å². The van der Waals surface area contributed by atoms with E-state index in [4.69, 9.17) is 4.74 Å². The Labute approximate surface area is 191 Å². The highest BCUT2D eigenvalue weighted by atomic mass is 32.2. The van der Waals surface area contributed by atoms with Crippen LogP contribution in [0.25, 0.3) is 0 Å². The topological polar surface area (TPSA) is 88.6 Å². The Balaban J connectivity index is 1.50. The van der Waals surface area contributed by atoms with E-state index in [0.717, 1.165) is 43.2 Å². The summed E-state index contributed by atoms with van der Waals surface area (Å²) in [6.45, 7) is 4.15. The molecule has 1 amide bonds. The minimum atomic E-state index is -3.45. The average Bonchev–Trinajstić information content (AvgIpc) is 3.11. The van der Waals surface area contributed by atoms with Gasteiger partial charge in [0.15, 0.2) is 0 Å². The lowest BCUT2D eigenvalue weighted by molar-refractivity contribution is -0.121. The second kappa shape index (κ2) is 12.0. The zero-order valence-corrected chi connectivity index (χ0v) is 19.6. The normalized spacial score (nSPS) is 15.2. The second-order valence-corrected chi connectivity index (χ2v) is 9.99. The molecule has 0 aliphatic carbocycles. The molecule has 1 aliphatic rings. The van der Waals surface area contributed by atoms with Crippen molar-refractivity contribution in [2.75, 3.05) is 19.7 Å². The van der Waals surface area contributed by atoms with Gasteiger partial charge in [0.05, 0.1) is 11.5 Å². The van der Waals surface area contributed by atoms with Gasteiger partial charge in [-0.2, -0.15) is 4.31 Å². The summed E-state index contributed by atoms with van der Waals surface area (Å²) < 4.78 is 33.0. The maximum absolute atomic E-state index is 12.9. The number of carbonyl (C=O) groups excluding carboxylic acids is 1. The minimum absolute atomic E-state index is 0.0726. The smallest absolute Gasteiger partial charge is 0.243 e. The quantitative estimate of drug-likeness (QED) is 0.585. The first-order valence-electron chi connectivity index (χ1n) is 11.4. The van der Waals surface area contributed by atoms with E-state index in [0.29, 0.717) is 49.9 Å². The van der Waals surface area contributed by atoms with Gasteiger partial charge in [-0.3, -0.25) is 4.79 Å². The van der Waals surface area contributed by atoms with Gasteiger partial charge in [0.2, 0.25) is 21.8 Å². The standard InChI is InChI=1S/C24H33N3O4S/c1-2-18-31-24-21(8-7-15-25-24)19-26-23(28)14-11-20-9-12-22(13-10-20)32(29,30)27-16-5-3-4-6-17-27/h7-10,12-13,15H,2-6,11,14,16-19H2,1H3,(H,26,28). The molecule has 1 fully saturated rings. The van der Waals surface area contributed by atoms with E-state index in [9.17, 15) is 13.2 Å². The third kappa shape index (κ3) is 6.77. The zero-order chi connectivity index (χ0) is 22.8. The number of hydrogen-bond acceptors (Lipinski definition) is 5. The lowest BCUT2D eigenvalue weighted by atomic mass is 10.1. The first kappa shape index (κ1) is 24.2. The summed E-state index contributed by atoms with van der Waals surface area (Å²) in [5, 5.41) is 2.91. The number of ether oxygens (including phenoxy) is 1. The molecule has 1 aromatic carbocycles. The van der Waals surface area contributed by atoms with Gasteiger partial charge in [0.1, 0.15) is 0 Å². The molecule has 2 aromatic rings. The van der Waals surface area contributed by atoms with Gasteiger partial charge in [-0.1, -0.05) is 38.0 Å². The molecule has 7 nitrogen and oxygen atoms in total. The SMILES string of the molecule is CCCOc1ncccc1CNC(=O)CCc1ccc(S(=O)(=O)N2CCCCCC2)cc1.